The first kappa shape index (κ1) is 20.0. The zero-order valence-electron chi connectivity index (χ0n) is 16.0. The van der Waals surface area contributed by atoms with E-state index >= 15 is 0 Å². The van der Waals surface area contributed by atoms with Gasteiger partial charge in [-0.25, -0.2) is 0 Å². The molecule has 0 aliphatic carbocycles. The molecular weight excluding hydrogens is 350 g/mol. The summed E-state index contributed by atoms with van der Waals surface area (Å²) >= 11 is 0. The first-order valence-corrected chi connectivity index (χ1v) is 8.02. The first-order chi connectivity index (χ1) is 13.0. The molecule has 0 saturated carbocycles. The Morgan fingerprint density at radius 3 is 1.70 bits per heavy atom. The van der Waals surface area contributed by atoms with Gasteiger partial charge in [-0.2, -0.15) is 0 Å². The lowest BCUT2D eigenvalue weighted by atomic mass is 9.96. The van der Waals surface area contributed by atoms with Gasteiger partial charge in [0.1, 0.15) is 0 Å². The van der Waals surface area contributed by atoms with Crippen LogP contribution in [0.3, 0.4) is 0 Å². The summed E-state index contributed by atoms with van der Waals surface area (Å²) in [5.41, 5.74) is 7.38. The SMILES string of the molecule is COc1ccc(C(=CC(N)=O)c2cc(OC)c(OC)c(OC)c2)cc1OC. The van der Waals surface area contributed by atoms with Gasteiger partial charge in [0.25, 0.3) is 0 Å². The molecule has 0 unspecified atom stereocenters. The van der Waals surface area contributed by atoms with Gasteiger partial charge < -0.3 is 29.4 Å². The third-order valence-corrected chi connectivity index (χ3v) is 3.96. The second kappa shape index (κ2) is 8.84. The van der Waals surface area contributed by atoms with Crippen LogP contribution in [-0.4, -0.2) is 41.5 Å². The maximum absolute atomic E-state index is 11.7. The molecule has 144 valence electrons. The van der Waals surface area contributed by atoms with Crippen LogP contribution in [0.15, 0.2) is 36.4 Å². The molecule has 2 N–H and O–H groups in total. The van der Waals surface area contributed by atoms with Crippen LogP contribution < -0.4 is 29.4 Å². The number of ether oxygens (including phenoxy) is 5. The molecule has 1 amide bonds. The van der Waals surface area contributed by atoms with Crippen LogP contribution in [0.5, 0.6) is 28.7 Å². The van der Waals surface area contributed by atoms with Gasteiger partial charge in [-0.05, 0) is 41.0 Å². The maximum atomic E-state index is 11.7. The van der Waals surface area contributed by atoms with Crippen LogP contribution in [0, 0.1) is 0 Å². The van der Waals surface area contributed by atoms with Crippen molar-refractivity contribution in [2.75, 3.05) is 35.5 Å². The van der Waals surface area contributed by atoms with Crippen LogP contribution >= 0.6 is 0 Å². The quantitative estimate of drug-likeness (QED) is 0.716. The third-order valence-electron chi connectivity index (χ3n) is 3.96. The van der Waals surface area contributed by atoms with Gasteiger partial charge in [0.2, 0.25) is 11.7 Å². The number of benzene rings is 2. The van der Waals surface area contributed by atoms with E-state index in [1.54, 1.807) is 44.6 Å². The Kier molecular flexibility index (Phi) is 6.54. The minimum atomic E-state index is -0.589. The summed E-state index contributed by atoms with van der Waals surface area (Å²) in [6.45, 7) is 0. The monoisotopic (exact) mass is 373 g/mol. The molecule has 0 radical (unpaired) electrons. The normalized spacial score (nSPS) is 10.9. The highest BCUT2D eigenvalue weighted by Crippen LogP contribution is 2.42. The predicted molar refractivity (Wildman–Crippen MR) is 102 cm³/mol. The smallest absolute Gasteiger partial charge is 0.242 e. The van der Waals surface area contributed by atoms with Gasteiger partial charge >= 0.3 is 0 Å². The average molecular weight is 373 g/mol. The molecule has 0 aliphatic heterocycles. The predicted octanol–water partition coefficient (Wildman–Crippen LogP) is 2.65. The van der Waals surface area contributed by atoms with Gasteiger partial charge in [0, 0.05) is 6.08 Å². The number of carbonyl (C=O) groups is 1. The second-order valence-electron chi connectivity index (χ2n) is 5.44. The molecule has 0 aromatic heterocycles. The third kappa shape index (κ3) is 4.25. The van der Waals surface area contributed by atoms with E-state index in [-0.39, 0.29) is 0 Å². The number of rotatable bonds is 8. The van der Waals surface area contributed by atoms with Crippen molar-refractivity contribution >= 4 is 11.5 Å². The molecule has 2 aromatic carbocycles. The minimum absolute atomic E-state index is 0.453. The highest BCUT2D eigenvalue weighted by atomic mass is 16.5. The molecule has 0 atom stereocenters. The largest absolute Gasteiger partial charge is 0.493 e. The number of hydrogen-bond acceptors (Lipinski definition) is 6. The molecule has 0 saturated heterocycles. The highest BCUT2D eigenvalue weighted by Gasteiger charge is 2.18. The van der Waals surface area contributed by atoms with Gasteiger partial charge in [-0.3, -0.25) is 4.79 Å². The molecule has 2 rings (SSSR count). The summed E-state index contributed by atoms with van der Waals surface area (Å²) in [7, 11) is 7.66. The van der Waals surface area contributed by atoms with Crippen LogP contribution in [-0.2, 0) is 4.79 Å². The summed E-state index contributed by atoms with van der Waals surface area (Å²) in [6.07, 6.45) is 1.34. The lowest BCUT2D eigenvalue weighted by Gasteiger charge is -2.17. The summed E-state index contributed by atoms with van der Waals surface area (Å²) < 4.78 is 26.8. The van der Waals surface area contributed by atoms with Crippen LogP contribution in [0.1, 0.15) is 11.1 Å². The summed E-state index contributed by atoms with van der Waals surface area (Å²) in [6, 6.07) is 8.80. The van der Waals surface area contributed by atoms with Crippen molar-refractivity contribution in [3.63, 3.8) is 0 Å². The van der Waals surface area contributed by atoms with Crippen molar-refractivity contribution < 1.29 is 28.5 Å². The second-order valence-corrected chi connectivity index (χ2v) is 5.44. The molecule has 0 heterocycles. The molecule has 7 heteroatoms. The Morgan fingerprint density at radius 1 is 0.741 bits per heavy atom. The van der Waals surface area contributed by atoms with E-state index in [2.05, 4.69) is 0 Å². The number of amides is 1. The average Bonchev–Trinajstić information content (AvgIpc) is 2.70. The van der Waals surface area contributed by atoms with Crippen molar-refractivity contribution in [1.29, 1.82) is 0 Å². The minimum Gasteiger partial charge on any atom is -0.493 e. The number of primary amides is 1. The summed E-state index contributed by atoms with van der Waals surface area (Å²) in [5.74, 6) is 1.88. The van der Waals surface area contributed by atoms with Gasteiger partial charge in [0.05, 0.1) is 35.5 Å². The van der Waals surface area contributed by atoms with E-state index in [4.69, 9.17) is 29.4 Å². The van der Waals surface area contributed by atoms with E-state index in [9.17, 15) is 4.79 Å². The number of methoxy groups -OCH3 is 5. The standard InChI is InChI=1S/C20H23NO6/c1-23-15-7-6-12(8-16(15)24-2)14(11-19(21)22)13-9-17(25-3)20(27-5)18(10-13)26-4/h6-11H,1-5H3,(H2,21,22). The lowest BCUT2D eigenvalue weighted by molar-refractivity contribution is -0.113. The van der Waals surface area contributed by atoms with Gasteiger partial charge in [-0.1, -0.05) is 6.07 Å². The fraction of sp³-hybridized carbons (Fsp3) is 0.250. The van der Waals surface area contributed by atoms with Crippen molar-refractivity contribution in [2.24, 2.45) is 5.73 Å². The Bertz CT molecular complexity index is 835. The summed E-state index contributed by atoms with van der Waals surface area (Å²) in [5, 5.41) is 0. The molecule has 0 fully saturated rings. The molecule has 2 aromatic rings. The van der Waals surface area contributed by atoms with E-state index in [0.717, 1.165) is 0 Å². The van der Waals surface area contributed by atoms with E-state index in [1.807, 2.05) is 0 Å². The Balaban J connectivity index is 2.71. The topological polar surface area (TPSA) is 89.2 Å². The lowest BCUT2D eigenvalue weighted by Crippen LogP contribution is -2.08. The molecule has 27 heavy (non-hydrogen) atoms. The molecule has 7 nitrogen and oxygen atoms in total. The van der Waals surface area contributed by atoms with Crippen LogP contribution in [0.25, 0.3) is 5.57 Å². The van der Waals surface area contributed by atoms with Gasteiger partial charge in [0.15, 0.2) is 23.0 Å². The number of carbonyl (C=O) groups excluding carboxylic acids is 1. The number of hydrogen-bond donors (Lipinski definition) is 1. The van der Waals surface area contributed by atoms with E-state index < -0.39 is 5.91 Å². The highest BCUT2D eigenvalue weighted by molar-refractivity contribution is 5.99. The fourth-order valence-corrected chi connectivity index (χ4v) is 2.72. The first-order valence-electron chi connectivity index (χ1n) is 8.02. The number of nitrogens with two attached hydrogens (primary N) is 1. The van der Waals surface area contributed by atoms with Crippen molar-refractivity contribution in [2.45, 2.75) is 0 Å². The Hall–Kier alpha value is -3.35. The Morgan fingerprint density at radius 2 is 1.26 bits per heavy atom. The van der Waals surface area contributed by atoms with E-state index in [1.165, 1.54) is 27.4 Å². The molecule has 0 bridgehead atoms. The zero-order valence-corrected chi connectivity index (χ0v) is 16.0. The fourth-order valence-electron chi connectivity index (χ4n) is 2.72. The summed E-state index contributed by atoms with van der Waals surface area (Å²) in [4.78, 5) is 11.7. The van der Waals surface area contributed by atoms with Crippen molar-refractivity contribution in [3.05, 3.63) is 47.5 Å². The molecule has 0 spiro atoms. The van der Waals surface area contributed by atoms with Crippen LogP contribution in [0.4, 0.5) is 0 Å². The molecule has 0 aliphatic rings. The zero-order chi connectivity index (χ0) is 20.0. The van der Waals surface area contributed by atoms with Crippen LogP contribution in [0.2, 0.25) is 0 Å². The van der Waals surface area contributed by atoms with E-state index in [0.29, 0.717) is 45.4 Å². The van der Waals surface area contributed by atoms with Crippen molar-refractivity contribution in [3.8, 4) is 28.7 Å². The molecular formula is C20H23NO6. The van der Waals surface area contributed by atoms with Crippen molar-refractivity contribution in [1.82, 2.24) is 0 Å². The van der Waals surface area contributed by atoms with Gasteiger partial charge in [-0.15, -0.1) is 0 Å². The Labute approximate surface area is 158 Å². The maximum Gasteiger partial charge on any atom is 0.242 e.